The van der Waals surface area contributed by atoms with E-state index in [4.69, 9.17) is 0 Å². The maximum Gasteiger partial charge on any atom is 0.156 e. The minimum atomic E-state index is -1.14. The molecule has 0 spiro atoms. The highest BCUT2D eigenvalue weighted by Crippen LogP contribution is 2.39. The summed E-state index contributed by atoms with van der Waals surface area (Å²) in [6.45, 7) is 0. The number of rotatable bonds is 0. The van der Waals surface area contributed by atoms with Crippen LogP contribution in [0.15, 0.2) is 18.2 Å². The van der Waals surface area contributed by atoms with Crippen LogP contribution in [0, 0.1) is 5.82 Å². The second kappa shape index (κ2) is 1.32. The van der Waals surface area contributed by atoms with Gasteiger partial charge in [-0.3, -0.25) is 0 Å². The quantitative estimate of drug-likeness (QED) is 0.499. The molecule has 0 saturated carbocycles. The van der Waals surface area contributed by atoms with E-state index in [0.29, 0.717) is 0 Å². The SMILES string of the molecule is Fc1c2cccc1C2F. The summed E-state index contributed by atoms with van der Waals surface area (Å²) in [5.41, 5.74) is 0.403. The van der Waals surface area contributed by atoms with Crippen LogP contribution < -0.4 is 0 Å². The molecule has 0 N–H and O–H groups in total. The Balaban J connectivity index is 2.67. The van der Waals surface area contributed by atoms with E-state index in [0.717, 1.165) is 0 Å². The number of halogens is 2. The second-order valence-corrected chi connectivity index (χ2v) is 2.11. The molecule has 2 aliphatic rings. The first-order valence-electron chi connectivity index (χ1n) is 2.73. The lowest BCUT2D eigenvalue weighted by Gasteiger charge is -2.21. The van der Waals surface area contributed by atoms with Crippen molar-refractivity contribution in [2.24, 2.45) is 0 Å². The Labute approximate surface area is 51.1 Å². The maximum absolute atomic E-state index is 12.5. The molecule has 0 nitrogen and oxygen atoms in total. The number of alkyl halides is 1. The first-order chi connectivity index (χ1) is 4.30. The van der Waals surface area contributed by atoms with Crippen LogP contribution in [-0.2, 0) is 0 Å². The van der Waals surface area contributed by atoms with E-state index in [-0.39, 0.29) is 16.9 Å². The Morgan fingerprint density at radius 2 is 1.78 bits per heavy atom. The zero-order valence-electron chi connectivity index (χ0n) is 4.57. The Hall–Kier alpha value is -0.920. The highest BCUT2D eigenvalue weighted by Gasteiger charge is 2.30. The molecular formula is C7H4F2. The molecule has 3 rings (SSSR count). The maximum atomic E-state index is 12.5. The van der Waals surface area contributed by atoms with Crippen LogP contribution in [-0.4, -0.2) is 0 Å². The molecule has 9 heavy (non-hydrogen) atoms. The van der Waals surface area contributed by atoms with Gasteiger partial charge < -0.3 is 0 Å². The molecule has 0 unspecified atom stereocenters. The van der Waals surface area contributed by atoms with Crippen LogP contribution in [0.2, 0.25) is 0 Å². The normalized spacial score (nSPS) is 15.3. The Morgan fingerprint density at radius 3 is 2.00 bits per heavy atom. The molecule has 1 aromatic carbocycles. The van der Waals surface area contributed by atoms with Crippen LogP contribution in [0.5, 0.6) is 0 Å². The van der Waals surface area contributed by atoms with Crippen molar-refractivity contribution in [2.75, 3.05) is 0 Å². The molecule has 0 atom stereocenters. The molecule has 0 aliphatic heterocycles. The van der Waals surface area contributed by atoms with E-state index < -0.39 is 6.17 Å². The van der Waals surface area contributed by atoms with Crippen LogP contribution in [0.4, 0.5) is 8.78 Å². The first kappa shape index (κ1) is 4.91. The molecule has 0 saturated heterocycles. The molecular weight excluding hydrogens is 122 g/mol. The van der Waals surface area contributed by atoms with E-state index in [1.54, 1.807) is 6.07 Å². The lowest BCUT2D eigenvalue weighted by Crippen LogP contribution is -2.12. The van der Waals surface area contributed by atoms with Crippen LogP contribution in [0.25, 0.3) is 0 Å². The van der Waals surface area contributed by atoms with E-state index in [9.17, 15) is 8.78 Å². The van der Waals surface area contributed by atoms with Crippen molar-refractivity contribution < 1.29 is 8.78 Å². The lowest BCUT2D eigenvalue weighted by atomic mass is 9.90. The van der Waals surface area contributed by atoms with E-state index >= 15 is 0 Å². The van der Waals surface area contributed by atoms with Crippen molar-refractivity contribution in [3.63, 3.8) is 0 Å². The van der Waals surface area contributed by atoms with Gasteiger partial charge in [-0.25, -0.2) is 8.78 Å². The van der Waals surface area contributed by atoms with Crippen molar-refractivity contribution in [3.05, 3.63) is 35.1 Å². The highest BCUT2D eigenvalue weighted by molar-refractivity contribution is 5.43. The fourth-order valence-corrected chi connectivity index (χ4v) is 1.05. The van der Waals surface area contributed by atoms with Crippen molar-refractivity contribution >= 4 is 0 Å². The van der Waals surface area contributed by atoms with Crippen LogP contribution >= 0.6 is 0 Å². The van der Waals surface area contributed by atoms with Crippen LogP contribution in [0.1, 0.15) is 17.3 Å². The molecule has 0 radical (unpaired) electrons. The largest absolute Gasteiger partial charge is 0.237 e. The summed E-state index contributed by atoms with van der Waals surface area (Å²) in [6.07, 6.45) is -1.14. The van der Waals surface area contributed by atoms with Gasteiger partial charge in [0.15, 0.2) is 6.17 Å². The summed E-state index contributed by atoms with van der Waals surface area (Å²) >= 11 is 0. The van der Waals surface area contributed by atoms with Gasteiger partial charge >= 0.3 is 0 Å². The number of hydrogen-bond donors (Lipinski definition) is 0. The molecule has 0 aromatic heterocycles. The Bertz CT molecular complexity index is 233. The second-order valence-electron chi connectivity index (χ2n) is 2.11. The molecule has 2 aliphatic carbocycles. The summed E-state index contributed by atoms with van der Waals surface area (Å²) in [5.74, 6) is -0.370. The summed E-state index contributed by atoms with van der Waals surface area (Å²) in [4.78, 5) is 0. The average molecular weight is 126 g/mol. The third-order valence-corrected chi connectivity index (χ3v) is 1.60. The predicted molar refractivity (Wildman–Crippen MR) is 29.4 cm³/mol. The van der Waals surface area contributed by atoms with Gasteiger partial charge in [0.05, 0.1) is 0 Å². The van der Waals surface area contributed by atoms with Gasteiger partial charge in [0, 0.05) is 11.1 Å². The molecule has 0 fully saturated rings. The minimum Gasteiger partial charge on any atom is -0.237 e. The fourth-order valence-electron chi connectivity index (χ4n) is 1.05. The third kappa shape index (κ3) is 0.411. The molecule has 0 heterocycles. The van der Waals surface area contributed by atoms with Crippen molar-refractivity contribution in [3.8, 4) is 0 Å². The van der Waals surface area contributed by atoms with Gasteiger partial charge in [0.1, 0.15) is 5.82 Å². The summed E-state index contributed by atoms with van der Waals surface area (Å²) in [5, 5.41) is 0. The van der Waals surface area contributed by atoms with Gasteiger partial charge in [0.2, 0.25) is 0 Å². The predicted octanol–water partition coefficient (Wildman–Crippen LogP) is 2.20. The van der Waals surface area contributed by atoms with E-state index in [2.05, 4.69) is 0 Å². The fraction of sp³-hybridized carbons (Fsp3) is 0.143. The number of hydrogen-bond acceptors (Lipinski definition) is 0. The Kier molecular flexibility index (Phi) is 0.721. The van der Waals surface area contributed by atoms with Gasteiger partial charge in [-0.2, -0.15) is 0 Å². The highest BCUT2D eigenvalue weighted by atomic mass is 19.1. The minimum absolute atomic E-state index is 0.201. The summed E-state index contributed by atoms with van der Waals surface area (Å²) in [7, 11) is 0. The first-order valence-corrected chi connectivity index (χ1v) is 2.73. The van der Waals surface area contributed by atoms with E-state index in [1.807, 2.05) is 0 Å². The molecule has 2 bridgehead atoms. The summed E-state index contributed by atoms with van der Waals surface area (Å²) in [6, 6.07) is 4.59. The van der Waals surface area contributed by atoms with Gasteiger partial charge in [0.25, 0.3) is 0 Å². The van der Waals surface area contributed by atoms with Crippen molar-refractivity contribution in [2.45, 2.75) is 6.17 Å². The monoisotopic (exact) mass is 126 g/mol. The number of fused-ring (bicyclic) bond motifs is 2. The zero-order valence-corrected chi connectivity index (χ0v) is 4.57. The molecule has 0 amide bonds. The van der Waals surface area contributed by atoms with Crippen LogP contribution in [0.3, 0.4) is 0 Å². The molecule has 2 heteroatoms. The summed E-state index contributed by atoms with van der Waals surface area (Å²) < 4.78 is 24.9. The standard InChI is InChI=1S/C7H4F2/c8-6-4-2-1-3-5(6)7(4)9/h1-3,6H. The topological polar surface area (TPSA) is 0 Å². The van der Waals surface area contributed by atoms with Gasteiger partial charge in [-0.05, 0) is 0 Å². The smallest absolute Gasteiger partial charge is 0.156 e. The Morgan fingerprint density at radius 1 is 1.22 bits per heavy atom. The molecule has 46 valence electrons. The number of benzene rings is 1. The zero-order chi connectivity index (χ0) is 6.43. The van der Waals surface area contributed by atoms with Crippen molar-refractivity contribution in [1.29, 1.82) is 0 Å². The average Bonchev–Trinajstić information content (AvgIpc) is 1.91. The molecule has 1 aromatic rings. The lowest BCUT2D eigenvalue weighted by molar-refractivity contribution is 0.336. The van der Waals surface area contributed by atoms with Gasteiger partial charge in [-0.15, -0.1) is 0 Å². The van der Waals surface area contributed by atoms with Crippen molar-refractivity contribution in [1.82, 2.24) is 0 Å². The van der Waals surface area contributed by atoms with Gasteiger partial charge in [-0.1, -0.05) is 18.2 Å². The van der Waals surface area contributed by atoms with E-state index in [1.165, 1.54) is 12.1 Å². The third-order valence-electron chi connectivity index (χ3n) is 1.60.